The molecule has 1 aromatic rings. The Hall–Kier alpha value is -0.910. The lowest BCUT2D eigenvalue weighted by molar-refractivity contribution is 0.0492. The molecular weight excluding hydrogens is 238 g/mol. The number of piperazine rings is 1. The average molecular weight is 265 g/mol. The summed E-state index contributed by atoms with van der Waals surface area (Å²) < 4.78 is 1.87. The normalized spacial score (nSPS) is 25.4. The van der Waals surface area contributed by atoms with Crippen LogP contribution in [-0.4, -0.2) is 58.3 Å². The fourth-order valence-electron chi connectivity index (χ4n) is 3.07. The van der Waals surface area contributed by atoms with E-state index in [1.165, 1.54) is 5.56 Å². The van der Waals surface area contributed by atoms with Crippen molar-refractivity contribution in [2.45, 2.75) is 38.4 Å². The minimum Gasteiger partial charge on any atom is -0.326 e. The zero-order chi connectivity index (χ0) is 14.0. The quantitative estimate of drug-likeness (QED) is 0.876. The van der Waals surface area contributed by atoms with Crippen LogP contribution in [0.2, 0.25) is 0 Å². The van der Waals surface area contributed by atoms with Gasteiger partial charge in [-0.05, 0) is 20.4 Å². The van der Waals surface area contributed by atoms with E-state index in [1.54, 1.807) is 0 Å². The van der Waals surface area contributed by atoms with E-state index in [2.05, 4.69) is 42.0 Å². The van der Waals surface area contributed by atoms with Crippen molar-refractivity contribution in [3.05, 3.63) is 18.0 Å². The molecule has 1 fully saturated rings. The first-order valence-corrected chi connectivity index (χ1v) is 7.21. The Morgan fingerprint density at radius 2 is 2.16 bits per heavy atom. The minimum atomic E-state index is 0.162. The summed E-state index contributed by atoms with van der Waals surface area (Å²) in [4.78, 5) is 4.93. The molecule has 0 saturated carbocycles. The third kappa shape index (κ3) is 3.16. The van der Waals surface area contributed by atoms with Gasteiger partial charge in [0.15, 0.2) is 0 Å². The van der Waals surface area contributed by atoms with Crippen molar-refractivity contribution in [3.8, 4) is 0 Å². The number of aromatic nitrogens is 2. The van der Waals surface area contributed by atoms with Gasteiger partial charge in [-0.2, -0.15) is 5.10 Å². The SMILES string of the molecule is CCC(N)C(c1cnn(C)c1)N1CCN(C)CC1C. The molecule has 1 aromatic heterocycles. The van der Waals surface area contributed by atoms with E-state index in [0.29, 0.717) is 6.04 Å². The molecule has 0 bridgehead atoms. The maximum Gasteiger partial charge on any atom is 0.0538 e. The molecular formula is C14H27N5. The summed E-state index contributed by atoms with van der Waals surface area (Å²) in [7, 11) is 4.15. The number of nitrogens with zero attached hydrogens (tertiary/aromatic N) is 4. The third-order valence-electron chi connectivity index (χ3n) is 4.18. The van der Waals surface area contributed by atoms with Crippen molar-refractivity contribution in [2.24, 2.45) is 12.8 Å². The van der Waals surface area contributed by atoms with E-state index in [0.717, 1.165) is 26.1 Å². The van der Waals surface area contributed by atoms with Crippen LogP contribution in [-0.2, 0) is 7.05 Å². The summed E-state index contributed by atoms with van der Waals surface area (Å²) in [5.41, 5.74) is 7.64. The highest BCUT2D eigenvalue weighted by molar-refractivity contribution is 5.14. The summed E-state index contributed by atoms with van der Waals surface area (Å²) in [6.07, 6.45) is 5.05. The molecule has 0 amide bonds. The molecule has 0 aliphatic carbocycles. The van der Waals surface area contributed by atoms with Gasteiger partial charge in [0.25, 0.3) is 0 Å². The monoisotopic (exact) mass is 265 g/mol. The van der Waals surface area contributed by atoms with Gasteiger partial charge in [0.05, 0.1) is 12.2 Å². The maximum atomic E-state index is 6.39. The van der Waals surface area contributed by atoms with Crippen LogP contribution in [0, 0.1) is 0 Å². The Kier molecular flexibility index (Phi) is 4.60. The second-order valence-electron chi connectivity index (χ2n) is 5.81. The lowest BCUT2D eigenvalue weighted by Crippen LogP contribution is -2.54. The number of nitrogens with two attached hydrogens (primary N) is 1. The first kappa shape index (κ1) is 14.5. The van der Waals surface area contributed by atoms with E-state index < -0.39 is 0 Å². The molecule has 1 aliphatic rings. The van der Waals surface area contributed by atoms with Crippen LogP contribution < -0.4 is 5.73 Å². The number of likely N-dealkylation sites (N-methyl/N-ethyl adjacent to an activating group) is 1. The number of hydrogen-bond acceptors (Lipinski definition) is 4. The maximum absolute atomic E-state index is 6.39. The lowest BCUT2D eigenvalue weighted by atomic mass is 9.96. The van der Waals surface area contributed by atoms with Crippen LogP contribution in [0.25, 0.3) is 0 Å². The van der Waals surface area contributed by atoms with Gasteiger partial charge in [-0.3, -0.25) is 9.58 Å². The zero-order valence-corrected chi connectivity index (χ0v) is 12.6. The van der Waals surface area contributed by atoms with Crippen LogP contribution in [0.5, 0.6) is 0 Å². The number of aryl methyl sites for hydroxylation is 1. The van der Waals surface area contributed by atoms with Gasteiger partial charge in [-0.25, -0.2) is 0 Å². The summed E-state index contributed by atoms with van der Waals surface area (Å²) in [6.45, 7) is 7.74. The molecule has 5 nitrogen and oxygen atoms in total. The van der Waals surface area contributed by atoms with E-state index in [9.17, 15) is 0 Å². The van der Waals surface area contributed by atoms with Gasteiger partial charge in [0.1, 0.15) is 0 Å². The summed E-state index contributed by atoms with van der Waals surface area (Å²) in [5, 5.41) is 4.31. The highest BCUT2D eigenvalue weighted by Gasteiger charge is 2.32. The number of hydrogen-bond donors (Lipinski definition) is 1. The summed E-state index contributed by atoms with van der Waals surface area (Å²) in [6, 6.07) is 0.971. The number of rotatable bonds is 4. The van der Waals surface area contributed by atoms with Gasteiger partial charge in [-0.1, -0.05) is 6.92 Å². The Morgan fingerprint density at radius 3 is 2.68 bits per heavy atom. The second-order valence-corrected chi connectivity index (χ2v) is 5.81. The van der Waals surface area contributed by atoms with Crippen LogP contribution in [0.4, 0.5) is 0 Å². The van der Waals surface area contributed by atoms with Gasteiger partial charge in [-0.15, -0.1) is 0 Å². The predicted molar refractivity (Wildman–Crippen MR) is 77.9 cm³/mol. The Balaban J connectivity index is 2.22. The van der Waals surface area contributed by atoms with Gasteiger partial charge in [0.2, 0.25) is 0 Å². The average Bonchev–Trinajstić information content (AvgIpc) is 2.78. The smallest absolute Gasteiger partial charge is 0.0538 e. The second kappa shape index (κ2) is 6.03. The van der Waals surface area contributed by atoms with Crippen LogP contribution in [0.1, 0.15) is 31.9 Å². The Morgan fingerprint density at radius 1 is 1.42 bits per heavy atom. The van der Waals surface area contributed by atoms with E-state index in [4.69, 9.17) is 5.73 Å². The molecule has 3 atom stereocenters. The summed E-state index contributed by atoms with van der Waals surface area (Å²) in [5.74, 6) is 0. The molecule has 2 heterocycles. The third-order valence-corrected chi connectivity index (χ3v) is 4.18. The molecule has 1 aliphatic heterocycles. The lowest BCUT2D eigenvalue weighted by Gasteiger charge is -2.44. The molecule has 19 heavy (non-hydrogen) atoms. The van der Waals surface area contributed by atoms with E-state index in [-0.39, 0.29) is 12.1 Å². The molecule has 0 radical (unpaired) electrons. The van der Waals surface area contributed by atoms with Crippen LogP contribution in [0.15, 0.2) is 12.4 Å². The zero-order valence-electron chi connectivity index (χ0n) is 12.6. The van der Waals surface area contributed by atoms with Crippen molar-refractivity contribution in [2.75, 3.05) is 26.7 Å². The topological polar surface area (TPSA) is 50.3 Å². The van der Waals surface area contributed by atoms with Gasteiger partial charge < -0.3 is 10.6 Å². The molecule has 3 unspecified atom stereocenters. The minimum absolute atomic E-state index is 0.162. The van der Waals surface area contributed by atoms with Crippen molar-refractivity contribution in [3.63, 3.8) is 0 Å². The van der Waals surface area contributed by atoms with Crippen molar-refractivity contribution >= 4 is 0 Å². The molecule has 5 heteroatoms. The molecule has 2 N–H and O–H groups in total. The van der Waals surface area contributed by atoms with Gasteiger partial charge >= 0.3 is 0 Å². The summed E-state index contributed by atoms with van der Waals surface area (Å²) >= 11 is 0. The molecule has 0 spiro atoms. The fourth-order valence-corrected chi connectivity index (χ4v) is 3.07. The largest absolute Gasteiger partial charge is 0.326 e. The molecule has 2 rings (SSSR count). The Bertz CT molecular complexity index is 402. The first-order valence-electron chi connectivity index (χ1n) is 7.21. The fraction of sp³-hybridized carbons (Fsp3) is 0.786. The standard InChI is InChI=1S/C14H27N5/c1-5-13(15)14(12-8-16-18(4)10-12)19-7-6-17(3)9-11(19)2/h8,10-11,13-14H,5-7,9,15H2,1-4H3. The van der Waals surface area contributed by atoms with E-state index >= 15 is 0 Å². The van der Waals surface area contributed by atoms with E-state index in [1.807, 2.05) is 17.9 Å². The van der Waals surface area contributed by atoms with Crippen molar-refractivity contribution in [1.29, 1.82) is 0 Å². The van der Waals surface area contributed by atoms with Crippen LogP contribution in [0.3, 0.4) is 0 Å². The van der Waals surface area contributed by atoms with Crippen molar-refractivity contribution < 1.29 is 0 Å². The molecule has 1 saturated heterocycles. The van der Waals surface area contributed by atoms with Gasteiger partial charge in [0, 0.05) is 50.5 Å². The first-order chi connectivity index (χ1) is 9.02. The highest BCUT2D eigenvalue weighted by atomic mass is 15.3. The molecule has 0 aromatic carbocycles. The Labute approximate surface area is 116 Å². The molecule has 108 valence electrons. The van der Waals surface area contributed by atoms with Crippen LogP contribution >= 0.6 is 0 Å². The predicted octanol–water partition coefficient (Wildman–Crippen LogP) is 0.834. The highest BCUT2D eigenvalue weighted by Crippen LogP contribution is 2.28. The van der Waals surface area contributed by atoms with Crippen molar-refractivity contribution in [1.82, 2.24) is 19.6 Å².